The van der Waals surface area contributed by atoms with Gasteiger partial charge >= 0.3 is 7.82 Å². The lowest BCUT2D eigenvalue weighted by Crippen LogP contribution is -2.46. The quantitative estimate of drug-likeness (QED) is 0.0357. The van der Waals surface area contributed by atoms with Crippen LogP contribution in [0.15, 0.2) is 36.5 Å². The Labute approximate surface area is 255 Å². The van der Waals surface area contributed by atoms with Gasteiger partial charge in [-0.05, 0) is 57.8 Å². The van der Waals surface area contributed by atoms with Crippen molar-refractivity contribution in [1.82, 2.24) is 5.32 Å². The van der Waals surface area contributed by atoms with Gasteiger partial charge in [0.2, 0.25) is 5.91 Å². The van der Waals surface area contributed by atoms with Crippen LogP contribution in [0.25, 0.3) is 0 Å². The number of carbonyl (C=O) groups excluding carboxylic acids is 1. The Morgan fingerprint density at radius 1 is 0.810 bits per heavy atom. The molecular formula is C32H61N2O7P. The number of nitrogens with two attached hydrogens (primary N) is 1. The van der Waals surface area contributed by atoms with Gasteiger partial charge in [0.1, 0.15) is 0 Å². The predicted molar refractivity (Wildman–Crippen MR) is 172 cm³/mol. The van der Waals surface area contributed by atoms with Crippen LogP contribution < -0.4 is 11.1 Å². The fourth-order valence-electron chi connectivity index (χ4n) is 4.25. The highest BCUT2D eigenvalue weighted by molar-refractivity contribution is 7.47. The molecule has 0 saturated carbocycles. The lowest BCUT2D eigenvalue weighted by atomic mass is 10.1. The van der Waals surface area contributed by atoms with Crippen molar-refractivity contribution in [1.29, 1.82) is 0 Å². The van der Waals surface area contributed by atoms with Gasteiger partial charge in [0.25, 0.3) is 0 Å². The number of nitrogens with one attached hydrogen (secondary N) is 1. The van der Waals surface area contributed by atoms with Gasteiger partial charge in [-0.2, -0.15) is 0 Å². The summed E-state index contributed by atoms with van der Waals surface area (Å²) in [4.78, 5) is 22.5. The number of rotatable bonds is 29. The summed E-state index contributed by atoms with van der Waals surface area (Å²) in [5.74, 6) is -0.479. The zero-order valence-electron chi connectivity index (χ0n) is 26.3. The Morgan fingerprint density at radius 2 is 1.36 bits per heavy atom. The van der Waals surface area contributed by atoms with Crippen molar-refractivity contribution in [3.05, 3.63) is 36.5 Å². The van der Waals surface area contributed by atoms with Crippen molar-refractivity contribution in [2.45, 2.75) is 141 Å². The van der Waals surface area contributed by atoms with E-state index in [1.807, 2.05) is 0 Å². The molecule has 0 aromatic rings. The second-order valence-corrected chi connectivity index (χ2v) is 12.3. The Bertz CT molecular complexity index is 776. The van der Waals surface area contributed by atoms with Crippen LogP contribution in [0, 0.1) is 0 Å². The standard InChI is InChI=1S/C32H61N2O7P/c1-3-5-7-9-11-13-14-16-17-19-21-23-29(35)27-32(37)34-30(28-41-42(38,39)40-26-25-33)31(36)24-22-20-18-15-12-10-8-6-4-2/h12,15-17,22,24,29-31,35-36H,3-11,13-14,18-21,23,25-28,33H2,1-2H3,(H,34,37)(H,38,39)/b15-12+,17-16-,24-22+. The van der Waals surface area contributed by atoms with Crippen LogP contribution in [-0.2, 0) is 18.4 Å². The smallest absolute Gasteiger partial charge is 0.393 e. The highest BCUT2D eigenvalue weighted by Gasteiger charge is 2.27. The molecule has 10 heteroatoms. The molecule has 0 rings (SSSR count). The molecule has 0 aromatic carbocycles. The van der Waals surface area contributed by atoms with Crippen LogP contribution in [0.3, 0.4) is 0 Å². The highest BCUT2D eigenvalue weighted by Crippen LogP contribution is 2.43. The van der Waals surface area contributed by atoms with E-state index in [0.29, 0.717) is 12.8 Å². The third-order valence-electron chi connectivity index (χ3n) is 6.74. The summed E-state index contributed by atoms with van der Waals surface area (Å²) in [6.45, 7) is 3.82. The van der Waals surface area contributed by atoms with Crippen LogP contribution in [0.4, 0.5) is 0 Å². The molecule has 0 bridgehead atoms. The van der Waals surface area contributed by atoms with Crippen molar-refractivity contribution in [2.24, 2.45) is 5.73 Å². The number of phosphoric acid groups is 1. The maximum Gasteiger partial charge on any atom is 0.472 e. The first kappa shape index (κ1) is 40.7. The fourth-order valence-corrected chi connectivity index (χ4v) is 5.01. The zero-order valence-corrected chi connectivity index (χ0v) is 27.2. The van der Waals surface area contributed by atoms with E-state index in [4.69, 9.17) is 14.8 Å². The summed E-state index contributed by atoms with van der Waals surface area (Å²) in [6, 6.07) is -1.00. The maximum atomic E-state index is 12.6. The number of carbonyl (C=O) groups is 1. The van der Waals surface area contributed by atoms with Crippen LogP contribution in [0.2, 0.25) is 0 Å². The number of aliphatic hydroxyl groups is 2. The fraction of sp³-hybridized carbons (Fsp3) is 0.781. The normalized spacial score (nSPS) is 15.9. The molecule has 0 saturated heterocycles. The Hall–Kier alpha value is -1.32. The van der Waals surface area contributed by atoms with Crippen LogP contribution >= 0.6 is 7.82 Å². The molecule has 6 N–H and O–H groups in total. The molecule has 0 aliphatic heterocycles. The number of allylic oxidation sites excluding steroid dienone is 5. The minimum absolute atomic E-state index is 0.0410. The molecular weight excluding hydrogens is 555 g/mol. The topological polar surface area (TPSA) is 151 Å². The van der Waals surface area contributed by atoms with E-state index in [-0.39, 0.29) is 19.6 Å². The molecule has 9 nitrogen and oxygen atoms in total. The SMILES string of the molecule is CCCCC/C=C/CC/C=C/C(O)C(COP(=O)(O)OCCN)NC(=O)CC(O)CCC/C=C\CCCCCCCC. The zero-order chi connectivity index (χ0) is 31.3. The molecule has 0 aliphatic carbocycles. The molecule has 0 aromatic heterocycles. The van der Waals surface area contributed by atoms with Gasteiger partial charge < -0.3 is 26.2 Å². The van der Waals surface area contributed by atoms with Crippen molar-refractivity contribution in [3.8, 4) is 0 Å². The number of aliphatic hydroxyl groups excluding tert-OH is 2. The van der Waals surface area contributed by atoms with Crippen LogP contribution in [0.1, 0.15) is 123 Å². The molecule has 42 heavy (non-hydrogen) atoms. The van der Waals surface area contributed by atoms with E-state index in [2.05, 4.69) is 43.5 Å². The van der Waals surface area contributed by atoms with Crippen LogP contribution in [-0.4, -0.2) is 59.0 Å². The first-order valence-corrected chi connectivity index (χ1v) is 17.7. The monoisotopic (exact) mass is 616 g/mol. The van der Waals surface area contributed by atoms with E-state index in [0.717, 1.165) is 32.1 Å². The van der Waals surface area contributed by atoms with Crippen molar-refractivity contribution < 1.29 is 33.5 Å². The molecule has 0 aliphatic rings. The second-order valence-electron chi connectivity index (χ2n) is 10.8. The molecule has 0 fully saturated rings. The van der Waals surface area contributed by atoms with E-state index < -0.39 is 38.6 Å². The second kappa shape index (κ2) is 28.5. The lowest BCUT2D eigenvalue weighted by Gasteiger charge is -2.24. The van der Waals surface area contributed by atoms with Gasteiger partial charge in [-0.1, -0.05) is 95.2 Å². The number of phosphoric ester groups is 1. The summed E-state index contributed by atoms with van der Waals surface area (Å²) in [6.07, 6.45) is 26.8. The first-order valence-electron chi connectivity index (χ1n) is 16.2. The molecule has 0 heterocycles. The largest absolute Gasteiger partial charge is 0.472 e. The Balaban J connectivity index is 4.63. The highest BCUT2D eigenvalue weighted by atomic mass is 31.2. The number of unbranched alkanes of at least 4 members (excludes halogenated alkanes) is 11. The number of hydrogen-bond acceptors (Lipinski definition) is 7. The summed E-state index contributed by atoms with van der Waals surface area (Å²) in [7, 11) is -4.39. The van der Waals surface area contributed by atoms with E-state index in [1.54, 1.807) is 6.08 Å². The molecule has 4 atom stereocenters. The van der Waals surface area contributed by atoms with Gasteiger partial charge in [0.05, 0.1) is 37.9 Å². The van der Waals surface area contributed by atoms with Gasteiger partial charge in [0.15, 0.2) is 0 Å². The predicted octanol–water partition coefficient (Wildman–Crippen LogP) is 6.63. The first-order chi connectivity index (χ1) is 20.3. The number of hydrogen-bond donors (Lipinski definition) is 5. The lowest BCUT2D eigenvalue weighted by molar-refractivity contribution is -0.124. The Kier molecular flexibility index (Phi) is 27.6. The summed E-state index contributed by atoms with van der Waals surface area (Å²) in [5, 5.41) is 23.7. The average Bonchev–Trinajstić information content (AvgIpc) is 2.96. The minimum Gasteiger partial charge on any atom is -0.393 e. The average molecular weight is 617 g/mol. The third-order valence-corrected chi connectivity index (χ3v) is 7.73. The summed E-state index contributed by atoms with van der Waals surface area (Å²) >= 11 is 0. The molecule has 1 amide bonds. The maximum absolute atomic E-state index is 12.6. The summed E-state index contributed by atoms with van der Waals surface area (Å²) in [5.41, 5.74) is 5.31. The van der Waals surface area contributed by atoms with Crippen molar-refractivity contribution in [2.75, 3.05) is 19.8 Å². The Morgan fingerprint density at radius 3 is 2.02 bits per heavy atom. The van der Waals surface area contributed by atoms with Crippen molar-refractivity contribution in [3.63, 3.8) is 0 Å². The minimum atomic E-state index is -4.39. The third kappa shape index (κ3) is 26.3. The van der Waals surface area contributed by atoms with E-state index >= 15 is 0 Å². The van der Waals surface area contributed by atoms with E-state index in [1.165, 1.54) is 63.9 Å². The molecule has 246 valence electrons. The molecule has 4 unspecified atom stereocenters. The van der Waals surface area contributed by atoms with Gasteiger partial charge in [-0.3, -0.25) is 13.8 Å². The molecule has 0 spiro atoms. The van der Waals surface area contributed by atoms with Gasteiger partial charge in [0, 0.05) is 6.54 Å². The summed E-state index contributed by atoms with van der Waals surface area (Å²) < 4.78 is 21.8. The van der Waals surface area contributed by atoms with Gasteiger partial charge in [-0.25, -0.2) is 4.57 Å². The van der Waals surface area contributed by atoms with E-state index in [9.17, 15) is 24.5 Å². The van der Waals surface area contributed by atoms with Crippen LogP contribution in [0.5, 0.6) is 0 Å². The van der Waals surface area contributed by atoms with Gasteiger partial charge in [-0.15, -0.1) is 0 Å². The van der Waals surface area contributed by atoms with Crippen molar-refractivity contribution >= 4 is 13.7 Å². The molecule has 0 radical (unpaired) electrons. The number of amides is 1.